The molecule has 1 heterocycles. The minimum atomic E-state index is -0.319. The monoisotopic (exact) mass is 259 g/mol. The van der Waals surface area contributed by atoms with E-state index in [-0.39, 0.29) is 11.3 Å². The number of nitrogens with one attached hydrogen (secondary N) is 1. The SMILES string of the molecule is O=C1NCCCCCCCCCCCCC1Cl. The van der Waals surface area contributed by atoms with Crippen molar-refractivity contribution in [3.63, 3.8) is 0 Å². The Labute approximate surface area is 110 Å². The highest BCUT2D eigenvalue weighted by Crippen LogP contribution is 2.14. The van der Waals surface area contributed by atoms with Crippen LogP contribution in [-0.4, -0.2) is 17.8 Å². The van der Waals surface area contributed by atoms with Crippen LogP contribution in [0.3, 0.4) is 0 Å². The number of hydrogen-bond acceptors (Lipinski definition) is 1. The highest BCUT2D eigenvalue weighted by atomic mass is 35.5. The van der Waals surface area contributed by atoms with Gasteiger partial charge in [0, 0.05) is 6.54 Å². The van der Waals surface area contributed by atoms with Crippen molar-refractivity contribution in [2.24, 2.45) is 0 Å². The molecule has 1 fully saturated rings. The molecule has 0 bridgehead atoms. The highest BCUT2D eigenvalue weighted by molar-refractivity contribution is 6.30. The Morgan fingerprint density at radius 1 is 0.824 bits per heavy atom. The number of carbonyl (C=O) groups excluding carboxylic acids is 1. The van der Waals surface area contributed by atoms with Crippen molar-refractivity contribution >= 4 is 17.5 Å². The van der Waals surface area contributed by atoms with E-state index in [1.54, 1.807) is 0 Å². The predicted molar refractivity (Wildman–Crippen MR) is 73.4 cm³/mol. The van der Waals surface area contributed by atoms with Crippen molar-refractivity contribution in [2.75, 3.05) is 6.54 Å². The van der Waals surface area contributed by atoms with E-state index in [0.717, 1.165) is 25.8 Å². The molecule has 0 spiro atoms. The number of alkyl halides is 1. The van der Waals surface area contributed by atoms with E-state index in [1.165, 1.54) is 51.4 Å². The fourth-order valence-electron chi connectivity index (χ4n) is 2.32. The van der Waals surface area contributed by atoms with Crippen LogP contribution >= 0.6 is 11.6 Å². The lowest BCUT2D eigenvalue weighted by Crippen LogP contribution is -2.32. The van der Waals surface area contributed by atoms with Gasteiger partial charge < -0.3 is 5.32 Å². The van der Waals surface area contributed by atoms with Crippen LogP contribution in [-0.2, 0) is 4.79 Å². The second-order valence-corrected chi connectivity index (χ2v) is 5.61. The van der Waals surface area contributed by atoms with Gasteiger partial charge >= 0.3 is 0 Å². The molecular formula is C14H26ClNO. The van der Waals surface area contributed by atoms with E-state index in [1.807, 2.05) is 0 Å². The summed E-state index contributed by atoms with van der Waals surface area (Å²) in [6, 6.07) is 0. The second kappa shape index (κ2) is 9.76. The number of hydrogen-bond donors (Lipinski definition) is 1. The zero-order valence-electron chi connectivity index (χ0n) is 10.8. The Bertz CT molecular complexity index is 208. The molecule has 100 valence electrons. The summed E-state index contributed by atoms with van der Waals surface area (Å²) in [7, 11) is 0. The molecule has 0 aromatic heterocycles. The smallest absolute Gasteiger partial charge is 0.238 e. The van der Waals surface area contributed by atoms with Crippen molar-refractivity contribution in [3.8, 4) is 0 Å². The molecule has 0 saturated carbocycles. The van der Waals surface area contributed by atoms with Crippen LogP contribution in [0.4, 0.5) is 0 Å². The number of halogens is 1. The molecule has 3 heteroatoms. The van der Waals surface area contributed by atoms with E-state index >= 15 is 0 Å². The third kappa shape index (κ3) is 7.64. The van der Waals surface area contributed by atoms with Crippen LogP contribution < -0.4 is 5.32 Å². The van der Waals surface area contributed by atoms with Crippen LogP contribution in [0.1, 0.15) is 70.6 Å². The van der Waals surface area contributed by atoms with Gasteiger partial charge in [-0.2, -0.15) is 0 Å². The molecule has 1 aliphatic heterocycles. The van der Waals surface area contributed by atoms with Gasteiger partial charge in [-0.3, -0.25) is 4.79 Å². The maximum atomic E-state index is 11.6. The van der Waals surface area contributed by atoms with E-state index in [9.17, 15) is 4.79 Å². The molecule has 17 heavy (non-hydrogen) atoms. The lowest BCUT2D eigenvalue weighted by Gasteiger charge is -2.10. The summed E-state index contributed by atoms with van der Waals surface area (Å²) < 4.78 is 0. The average Bonchev–Trinajstić information content (AvgIpc) is 2.34. The zero-order valence-corrected chi connectivity index (χ0v) is 11.6. The van der Waals surface area contributed by atoms with Gasteiger partial charge in [0.05, 0.1) is 0 Å². The normalized spacial score (nSPS) is 26.6. The summed E-state index contributed by atoms with van der Waals surface area (Å²) in [4.78, 5) is 11.6. The maximum Gasteiger partial charge on any atom is 0.238 e. The Morgan fingerprint density at radius 2 is 1.29 bits per heavy atom. The first kappa shape index (κ1) is 14.8. The van der Waals surface area contributed by atoms with Gasteiger partial charge in [-0.15, -0.1) is 11.6 Å². The quantitative estimate of drug-likeness (QED) is 0.654. The molecule has 0 aliphatic carbocycles. The molecule has 0 aromatic rings. The van der Waals surface area contributed by atoms with Gasteiger partial charge in [0.15, 0.2) is 0 Å². The van der Waals surface area contributed by atoms with Crippen molar-refractivity contribution in [2.45, 2.75) is 76.0 Å². The maximum absolute atomic E-state index is 11.6. The van der Waals surface area contributed by atoms with Gasteiger partial charge in [-0.25, -0.2) is 0 Å². The first-order valence-electron chi connectivity index (χ1n) is 7.22. The fourth-order valence-corrected chi connectivity index (χ4v) is 2.55. The lowest BCUT2D eigenvalue weighted by molar-refractivity contribution is -0.120. The lowest BCUT2D eigenvalue weighted by atomic mass is 10.1. The van der Waals surface area contributed by atoms with Gasteiger partial charge in [0.25, 0.3) is 0 Å². The van der Waals surface area contributed by atoms with Crippen molar-refractivity contribution < 1.29 is 4.79 Å². The summed E-state index contributed by atoms with van der Waals surface area (Å²) in [5.41, 5.74) is 0. The first-order valence-corrected chi connectivity index (χ1v) is 7.66. The molecule has 1 N–H and O–H groups in total. The van der Waals surface area contributed by atoms with Crippen molar-refractivity contribution in [1.29, 1.82) is 0 Å². The van der Waals surface area contributed by atoms with Crippen LogP contribution in [0.5, 0.6) is 0 Å². The van der Waals surface area contributed by atoms with Gasteiger partial charge in [0.2, 0.25) is 5.91 Å². The Kier molecular flexibility index (Phi) is 8.50. The minimum absolute atomic E-state index is 0.0292. The predicted octanol–water partition coefficient (Wildman–Crippen LogP) is 4.01. The first-order chi connectivity index (χ1) is 8.30. The molecule has 0 aromatic carbocycles. The molecule has 1 amide bonds. The molecule has 1 unspecified atom stereocenters. The van der Waals surface area contributed by atoms with Crippen LogP contribution in [0.25, 0.3) is 0 Å². The number of rotatable bonds is 0. The molecule has 1 atom stereocenters. The van der Waals surface area contributed by atoms with Crippen molar-refractivity contribution in [3.05, 3.63) is 0 Å². The minimum Gasteiger partial charge on any atom is -0.355 e. The van der Waals surface area contributed by atoms with E-state index in [2.05, 4.69) is 5.32 Å². The molecule has 1 rings (SSSR count). The topological polar surface area (TPSA) is 29.1 Å². The van der Waals surface area contributed by atoms with Gasteiger partial charge in [-0.1, -0.05) is 57.8 Å². The van der Waals surface area contributed by atoms with Crippen LogP contribution in [0.2, 0.25) is 0 Å². The molecule has 0 radical (unpaired) electrons. The fraction of sp³-hybridized carbons (Fsp3) is 0.929. The van der Waals surface area contributed by atoms with Gasteiger partial charge in [-0.05, 0) is 12.8 Å². The summed E-state index contributed by atoms with van der Waals surface area (Å²) in [6.45, 7) is 0.794. The number of carbonyl (C=O) groups is 1. The van der Waals surface area contributed by atoms with Crippen LogP contribution in [0, 0.1) is 0 Å². The Hall–Kier alpha value is -0.240. The van der Waals surface area contributed by atoms with E-state index < -0.39 is 0 Å². The van der Waals surface area contributed by atoms with Crippen LogP contribution in [0.15, 0.2) is 0 Å². The Morgan fingerprint density at radius 3 is 1.88 bits per heavy atom. The molecular weight excluding hydrogens is 234 g/mol. The molecule has 1 aliphatic rings. The van der Waals surface area contributed by atoms with Gasteiger partial charge in [0.1, 0.15) is 5.38 Å². The van der Waals surface area contributed by atoms with E-state index in [0.29, 0.717) is 0 Å². The zero-order chi connectivity index (χ0) is 12.3. The second-order valence-electron chi connectivity index (χ2n) is 5.08. The molecule has 1 saturated heterocycles. The summed E-state index contributed by atoms with van der Waals surface area (Å²) in [5.74, 6) is 0.0292. The standard InChI is InChI=1S/C14H26ClNO/c15-13-11-9-7-5-3-1-2-4-6-8-10-12-16-14(13)17/h13H,1-12H2,(H,16,17). The summed E-state index contributed by atoms with van der Waals surface area (Å²) in [6.07, 6.45) is 13.5. The van der Waals surface area contributed by atoms with Crippen molar-refractivity contribution in [1.82, 2.24) is 5.32 Å². The summed E-state index contributed by atoms with van der Waals surface area (Å²) >= 11 is 6.06. The third-order valence-electron chi connectivity index (χ3n) is 3.47. The Balaban J connectivity index is 2.24. The number of amides is 1. The summed E-state index contributed by atoms with van der Waals surface area (Å²) in [5, 5.41) is 2.61. The largest absolute Gasteiger partial charge is 0.355 e. The average molecular weight is 260 g/mol. The molecule has 2 nitrogen and oxygen atoms in total. The highest BCUT2D eigenvalue weighted by Gasteiger charge is 2.13. The van der Waals surface area contributed by atoms with E-state index in [4.69, 9.17) is 11.6 Å². The third-order valence-corrected chi connectivity index (χ3v) is 3.88.